The first-order valence-electron chi connectivity index (χ1n) is 8.98. The summed E-state index contributed by atoms with van der Waals surface area (Å²) in [7, 11) is 0. The van der Waals surface area contributed by atoms with Crippen LogP contribution in [-0.4, -0.2) is 56.4 Å². The van der Waals surface area contributed by atoms with Crippen LogP contribution in [0.1, 0.15) is 44.2 Å². The molecule has 7 nitrogen and oxygen atoms in total. The number of aliphatic hydroxyl groups is 1. The lowest BCUT2D eigenvalue weighted by molar-refractivity contribution is 0.00993. The molecule has 1 aliphatic heterocycles. The van der Waals surface area contributed by atoms with Gasteiger partial charge in [-0.15, -0.1) is 0 Å². The van der Waals surface area contributed by atoms with E-state index in [-0.39, 0.29) is 6.10 Å². The number of anilines is 1. The predicted molar refractivity (Wildman–Crippen MR) is 90.8 cm³/mol. The Morgan fingerprint density at radius 3 is 2.75 bits per heavy atom. The van der Waals surface area contributed by atoms with E-state index >= 15 is 0 Å². The molecule has 2 aromatic heterocycles. The molecular formula is C17H25N5O2. The molecular weight excluding hydrogens is 306 g/mol. The van der Waals surface area contributed by atoms with Crippen molar-refractivity contribution in [3.05, 3.63) is 12.0 Å². The summed E-state index contributed by atoms with van der Waals surface area (Å²) < 4.78 is 5.21. The number of nitrogens with zero attached hydrogens (tertiary/aromatic N) is 4. The zero-order valence-corrected chi connectivity index (χ0v) is 14.1. The maximum atomic E-state index is 10.3. The van der Waals surface area contributed by atoms with Crippen LogP contribution in [0.3, 0.4) is 0 Å². The molecule has 2 aromatic rings. The lowest BCUT2D eigenvalue weighted by atomic mass is 9.89. The first-order valence-corrected chi connectivity index (χ1v) is 8.98. The largest absolute Gasteiger partial charge is 0.391 e. The zero-order chi connectivity index (χ0) is 16.5. The fourth-order valence-electron chi connectivity index (χ4n) is 4.12. The molecule has 0 aromatic carbocycles. The molecule has 2 atom stereocenters. The Morgan fingerprint density at radius 2 is 1.96 bits per heavy atom. The second-order valence-corrected chi connectivity index (χ2v) is 7.04. The van der Waals surface area contributed by atoms with E-state index < -0.39 is 0 Å². The third-order valence-electron chi connectivity index (χ3n) is 5.48. The average molecular weight is 331 g/mol. The molecule has 0 radical (unpaired) electrons. The number of aryl methyl sites for hydroxylation is 1. The van der Waals surface area contributed by atoms with Crippen LogP contribution < -0.4 is 5.32 Å². The van der Waals surface area contributed by atoms with Crippen molar-refractivity contribution in [2.75, 3.05) is 18.4 Å². The van der Waals surface area contributed by atoms with Gasteiger partial charge in [0.2, 0.25) is 0 Å². The van der Waals surface area contributed by atoms with E-state index in [9.17, 15) is 5.11 Å². The smallest absolute Gasteiger partial charge is 0.263 e. The molecule has 7 heteroatoms. The fourth-order valence-corrected chi connectivity index (χ4v) is 4.12. The molecule has 0 amide bonds. The minimum Gasteiger partial charge on any atom is -0.391 e. The van der Waals surface area contributed by atoms with Crippen molar-refractivity contribution < 1.29 is 9.63 Å². The summed E-state index contributed by atoms with van der Waals surface area (Å²) in [6, 6.07) is 0.736. The fraction of sp³-hybridized carbons (Fsp3) is 0.706. The highest BCUT2D eigenvalue weighted by atomic mass is 16.5. The lowest BCUT2D eigenvalue weighted by Crippen LogP contribution is -2.50. The SMILES string of the molecule is Cc1noc2ncnc(NC3CCN([C@@H]4CCCC[C@H]4O)CC3)c12. The van der Waals surface area contributed by atoms with Gasteiger partial charge in [-0.05, 0) is 32.6 Å². The van der Waals surface area contributed by atoms with Crippen LogP contribution in [-0.2, 0) is 0 Å². The molecule has 2 N–H and O–H groups in total. The van der Waals surface area contributed by atoms with E-state index in [0.29, 0.717) is 17.8 Å². The van der Waals surface area contributed by atoms with Gasteiger partial charge in [-0.3, -0.25) is 4.90 Å². The highest BCUT2D eigenvalue weighted by Crippen LogP contribution is 2.28. The lowest BCUT2D eigenvalue weighted by Gasteiger charge is -2.41. The van der Waals surface area contributed by atoms with Crippen molar-refractivity contribution in [1.82, 2.24) is 20.0 Å². The Balaban J connectivity index is 1.40. The van der Waals surface area contributed by atoms with E-state index in [1.54, 1.807) is 0 Å². The van der Waals surface area contributed by atoms with Crippen molar-refractivity contribution in [2.24, 2.45) is 0 Å². The van der Waals surface area contributed by atoms with Gasteiger partial charge in [0.25, 0.3) is 5.71 Å². The average Bonchev–Trinajstić information content (AvgIpc) is 2.99. The van der Waals surface area contributed by atoms with Crippen LogP contribution in [0.25, 0.3) is 11.1 Å². The molecule has 2 fully saturated rings. The van der Waals surface area contributed by atoms with Gasteiger partial charge in [0.1, 0.15) is 17.5 Å². The molecule has 1 aliphatic carbocycles. The molecule has 0 bridgehead atoms. The van der Waals surface area contributed by atoms with Crippen molar-refractivity contribution in [1.29, 1.82) is 0 Å². The van der Waals surface area contributed by atoms with Crippen LogP contribution in [0.15, 0.2) is 10.9 Å². The first kappa shape index (κ1) is 15.8. The summed E-state index contributed by atoms with van der Waals surface area (Å²) >= 11 is 0. The highest BCUT2D eigenvalue weighted by molar-refractivity contribution is 5.87. The zero-order valence-electron chi connectivity index (χ0n) is 14.1. The van der Waals surface area contributed by atoms with E-state index in [4.69, 9.17) is 4.52 Å². The van der Waals surface area contributed by atoms with Crippen LogP contribution in [0.5, 0.6) is 0 Å². The molecule has 24 heavy (non-hydrogen) atoms. The second-order valence-electron chi connectivity index (χ2n) is 7.04. The molecule has 2 aliphatic rings. The molecule has 0 unspecified atom stereocenters. The normalized spacial score (nSPS) is 26.8. The van der Waals surface area contributed by atoms with Gasteiger partial charge in [-0.1, -0.05) is 18.0 Å². The molecule has 130 valence electrons. The van der Waals surface area contributed by atoms with Gasteiger partial charge < -0.3 is 14.9 Å². The van der Waals surface area contributed by atoms with Gasteiger partial charge in [-0.2, -0.15) is 4.98 Å². The number of piperidine rings is 1. The second kappa shape index (κ2) is 6.64. The summed E-state index contributed by atoms with van der Waals surface area (Å²) in [6.07, 6.45) is 7.97. The Labute approximate surface area is 141 Å². The molecule has 1 saturated heterocycles. The van der Waals surface area contributed by atoms with Gasteiger partial charge in [-0.25, -0.2) is 4.98 Å². The Hall–Kier alpha value is -1.73. The standard InChI is InChI=1S/C17H25N5O2/c1-11-15-16(18-10-19-17(15)24-21-11)20-12-6-8-22(9-7-12)13-4-2-3-5-14(13)23/h10,12-14,23H,2-9H2,1H3,(H,18,19,20)/t13-,14-/m1/s1. The van der Waals surface area contributed by atoms with Crippen molar-refractivity contribution >= 4 is 16.9 Å². The number of aromatic nitrogens is 3. The summed E-state index contributed by atoms with van der Waals surface area (Å²) in [4.78, 5) is 11.0. The van der Waals surface area contributed by atoms with E-state index in [2.05, 4.69) is 25.3 Å². The van der Waals surface area contributed by atoms with Crippen LogP contribution in [0.2, 0.25) is 0 Å². The number of hydrogen-bond donors (Lipinski definition) is 2. The third kappa shape index (κ3) is 2.98. The maximum absolute atomic E-state index is 10.3. The van der Waals surface area contributed by atoms with Crippen LogP contribution >= 0.6 is 0 Å². The first-order chi connectivity index (χ1) is 11.7. The minimum absolute atomic E-state index is 0.149. The van der Waals surface area contributed by atoms with Gasteiger partial charge in [0.05, 0.1) is 11.8 Å². The van der Waals surface area contributed by atoms with Crippen molar-refractivity contribution in [3.63, 3.8) is 0 Å². The third-order valence-corrected chi connectivity index (χ3v) is 5.48. The Kier molecular flexibility index (Phi) is 4.37. The Morgan fingerprint density at radius 1 is 1.17 bits per heavy atom. The highest BCUT2D eigenvalue weighted by Gasteiger charge is 2.31. The summed E-state index contributed by atoms with van der Waals surface area (Å²) in [5.74, 6) is 0.815. The number of hydrogen-bond acceptors (Lipinski definition) is 7. The van der Waals surface area contributed by atoms with Gasteiger partial charge >= 0.3 is 0 Å². The Bertz CT molecular complexity index is 695. The molecule has 0 spiro atoms. The minimum atomic E-state index is -0.149. The van der Waals surface area contributed by atoms with E-state index in [0.717, 1.165) is 62.1 Å². The number of fused-ring (bicyclic) bond motifs is 1. The molecule has 1 saturated carbocycles. The van der Waals surface area contributed by atoms with Crippen molar-refractivity contribution in [2.45, 2.75) is 63.6 Å². The summed E-state index contributed by atoms with van der Waals surface area (Å²) in [5.41, 5.74) is 1.35. The topological polar surface area (TPSA) is 87.3 Å². The maximum Gasteiger partial charge on any atom is 0.263 e. The van der Waals surface area contributed by atoms with E-state index in [1.165, 1.54) is 12.7 Å². The van der Waals surface area contributed by atoms with Crippen LogP contribution in [0.4, 0.5) is 5.82 Å². The quantitative estimate of drug-likeness (QED) is 0.890. The van der Waals surface area contributed by atoms with Gasteiger partial charge in [0.15, 0.2) is 0 Å². The van der Waals surface area contributed by atoms with Gasteiger partial charge in [0, 0.05) is 25.2 Å². The van der Waals surface area contributed by atoms with Crippen LogP contribution in [0, 0.1) is 6.92 Å². The number of nitrogens with one attached hydrogen (secondary N) is 1. The number of rotatable bonds is 3. The molecule has 3 heterocycles. The van der Waals surface area contributed by atoms with Crippen molar-refractivity contribution in [3.8, 4) is 0 Å². The number of likely N-dealkylation sites (tertiary alicyclic amines) is 1. The monoisotopic (exact) mass is 331 g/mol. The summed E-state index contributed by atoms with van der Waals surface area (Å²) in [5, 5.41) is 18.7. The van der Waals surface area contributed by atoms with E-state index in [1.807, 2.05) is 6.92 Å². The summed E-state index contributed by atoms with van der Waals surface area (Å²) in [6.45, 7) is 3.96. The predicted octanol–water partition coefficient (Wildman–Crippen LogP) is 2.11. The molecule has 4 rings (SSSR count). The number of aliphatic hydroxyl groups excluding tert-OH is 1.